The van der Waals surface area contributed by atoms with E-state index in [1.54, 1.807) is 6.20 Å². The maximum Gasteiger partial charge on any atom is 0.225 e. The van der Waals surface area contributed by atoms with Crippen LogP contribution in [0.3, 0.4) is 0 Å². The van der Waals surface area contributed by atoms with Crippen molar-refractivity contribution in [3.05, 3.63) is 29.1 Å². The van der Waals surface area contributed by atoms with E-state index < -0.39 is 0 Å². The minimum atomic E-state index is -0.0265. The van der Waals surface area contributed by atoms with Gasteiger partial charge in [-0.3, -0.25) is 4.79 Å². The molecule has 1 aliphatic rings. The molecule has 138 valence electrons. The average molecular weight is 365 g/mol. The number of halogens is 1. The fourth-order valence-corrected chi connectivity index (χ4v) is 2.94. The smallest absolute Gasteiger partial charge is 0.225 e. The summed E-state index contributed by atoms with van der Waals surface area (Å²) >= 11 is 6.19. The second-order valence-corrected chi connectivity index (χ2v) is 7.53. The number of allylic oxidation sites excluding steroid dienone is 1. The second-order valence-electron chi connectivity index (χ2n) is 7.18. The molecular weight excluding hydrogens is 336 g/mol. The van der Waals surface area contributed by atoms with Gasteiger partial charge in [-0.15, -0.1) is 0 Å². The zero-order valence-electron chi connectivity index (χ0n) is 15.7. The van der Waals surface area contributed by atoms with Gasteiger partial charge in [0.2, 0.25) is 5.91 Å². The average Bonchev–Trinajstić information content (AvgIpc) is 3.05. The predicted octanol–water partition coefficient (Wildman–Crippen LogP) is 4.82. The highest BCUT2D eigenvalue weighted by Gasteiger charge is 2.29. The van der Waals surface area contributed by atoms with Crippen LogP contribution in [-0.2, 0) is 4.79 Å². The van der Waals surface area contributed by atoms with Crippen LogP contribution in [-0.4, -0.2) is 35.0 Å². The summed E-state index contributed by atoms with van der Waals surface area (Å²) in [4.78, 5) is 18.2. The zero-order valence-corrected chi connectivity index (χ0v) is 16.4. The molecule has 0 N–H and O–H groups in total. The van der Waals surface area contributed by atoms with Crippen LogP contribution >= 0.6 is 11.6 Å². The number of carbonyl (C=O) groups is 1. The number of hydrogen-bond donors (Lipinski definition) is 0. The molecule has 0 unspecified atom stereocenters. The number of aromatic nitrogens is 1. The van der Waals surface area contributed by atoms with E-state index in [9.17, 15) is 4.79 Å². The Morgan fingerprint density at radius 1 is 1.48 bits per heavy atom. The highest BCUT2D eigenvalue weighted by Crippen LogP contribution is 2.27. The normalized spacial score (nSPS) is 19.0. The predicted molar refractivity (Wildman–Crippen MR) is 103 cm³/mol. The molecule has 0 bridgehead atoms. The summed E-state index contributed by atoms with van der Waals surface area (Å²) in [7, 11) is 0. The Labute approximate surface area is 156 Å². The van der Waals surface area contributed by atoms with Gasteiger partial charge in [0.25, 0.3) is 0 Å². The lowest BCUT2D eigenvalue weighted by Gasteiger charge is -2.19. The van der Waals surface area contributed by atoms with Gasteiger partial charge in [0.05, 0.1) is 6.54 Å². The van der Waals surface area contributed by atoms with Gasteiger partial charge >= 0.3 is 0 Å². The monoisotopic (exact) mass is 364 g/mol. The van der Waals surface area contributed by atoms with E-state index in [1.807, 2.05) is 24.8 Å². The molecule has 25 heavy (non-hydrogen) atoms. The number of ether oxygens (including phenoxy) is 1. The van der Waals surface area contributed by atoms with Crippen LogP contribution in [0.2, 0.25) is 5.15 Å². The molecule has 4 nitrogen and oxygen atoms in total. The van der Waals surface area contributed by atoms with Gasteiger partial charge < -0.3 is 9.64 Å². The highest BCUT2D eigenvalue weighted by molar-refractivity contribution is 6.30. The maximum atomic E-state index is 12.1. The van der Waals surface area contributed by atoms with Crippen molar-refractivity contribution >= 4 is 23.6 Å². The summed E-state index contributed by atoms with van der Waals surface area (Å²) in [5.74, 6) is 1.46. The molecular formula is C20H29ClN2O2. The summed E-state index contributed by atoms with van der Waals surface area (Å²) in [5.41, 5.74) is 0.982. The number of carbonyl (C=O) groups excluding carboxylic acids is 1. The van der Waals surface area contributed by atoms with E-state index in [1.165, 1.54) is 6.42 Å². The molecule has 2 rings (SSSR count). The first kappa shape index (κ1) is 19.8. The highest BCUT2D eigenvalue weighted by atomic mass is 35.5. The van der Waals surface area contributed by atoms with E-state index in [4.69, 9.17) is 16.3 Å². The lowest BCUT2D eigenvalue weighted by molar-refractivity contribution is -0.133. The Morgan fingerprint density at radius 2 is 2.24 bits per heavy atom. The summed E-state index contributed by atoms with van der Waals surface area (Å²) in [6.45, 7) is 9.63. The van der Waals surface area contributed by atoms with E-state index in [-0.39, 0.29) is 17.9 Å². The fourth-order valence-electron chi connectivity index (χ4n) is 2.79. The first-order valence-corrected chi connectivity index (χ1v) is 9.56. The molecule has 1 aromatic rings. The maximum absolute atomic E-state index is 12.1. The van der Waals surface area contributed by atoms with Gasteiger partial charge in [0, 0.05) is 25.1 Å². The lowest BCUT2D eigenvalue weighted by atomic mass is 10.0. The first-order valence-electron chi connectivity index (χ1n) is 9.18. The Balaban J connectivity index is 1.98. The molecule has 0 aromatic carbocycles. The van der Waals surface area contributed by atoms with Crippen molar-refractivity contribution in [1.29, 1.82) is 0 Å². The van der Waals surface area contributed by atoms with E-state index in [2.05, 4.69) is 31.0 Å². The summed E-state index contributed by atoms with van der Waals surface area (Å²) < 4.78 is 6.03. The number of likely N-dealkylation sites (tertiary alicyclic amines) is 1. The van der Waals surface area contributed by atoms with Crippen molar-refractivity contribution in [2.45, 2.75) is 53.1 Å². The molecule has 1 fully saturated rings. The minimum Gasteiger partial charge on any atom is -0.485 e. The fraction of sp³-hybridized carbons (Fsp3) is 0.600. The summed E-state index contributed by atoms with van der Waals surface area (Å²) in [6, 6.07) is 1.93. The van der Waals surface area contributed by atoms with Crippen LogP contribution < -0.4 is 4.74 Å². The van der Waals surface area contributed by atoms with E-state index in [0.717, 1.165) is 24.9 Å². The molecule has 1 amide bonds. The van der Waals surface area contributed by atoms with Crippen molar-refractivity contribution in [3.63, 3.8) is 0 Å². The van der Waals surface area contributed by atoms with Crippen molar-refractivity contribution in [1.82, 2.24) is 9.88 Å². The molecule has 2 heterocycles. The quantitative estimate of drug-likeness (QED) is 0.651. The molecule has 1 aromatic heterocycles. The molecule has 5 heteroatoms. The third kappa shape index (κ3) is 5.74. The summed E-state index contributed by atoms with van der Waals surface area (Å²) in [6.07, 6.45) is 9.00. The largest absolute Gasteiger partial charge is 0.485 e. The lowest BCUT2D eigenvalue weighted by Crippen LogP contribution is -2.33. The Hall–Kier alpha value is -1.55. The molecule has 0 spiro atoms. The van der Waals surface area contributed by atoms with Crippen LogP contribution in [0.5, 0.6) is 5.75 Å². The minimum absolute atomic E-state index is 0.0167. The van der Waals surface area contributed by atoms with Crippen LogP contribution in [0.15, 0.2) is 18.3 Å². The van der Waals surface area contributed by atoms with Crippen LogP contribution in [0.1, 0.15) is 52.5 Å². The van der Waals surface area contributed by atoms with Gasteiger partial charge in [-0.05, 0) is 24.0 Å². The van der Waals surface area contributed by atoms with Gasteiger partial charge in [-0.25, -0.2) is 4.98 Å². The zero-order chi connectivity index (χ0) is 18.4. The topological polar surface area (TPSA) is 42.4 Å². The van der Waals surface area contributed by atoms with Crippen molar-refractivity contribution in [3.8, 4) is 5.75 Å². The third-order valence-electron chi connectivity index (χ3n) is 4.62. The van der Waals surface area contributed by atoms with Crippen molar-refractivity contribution < 1.29 is 9.53 Å². The van der Waals surface area contributed by atoms with Gasteiger partial charge in [0.1, 0.15) is 6.10 Å². The summed E-state index contributed by atoms with van der Waals surface area (Å²) in [5, 5.41) is 0.368. The molecule has 1 saturated heterocycles. The van der Waals surface area contributed by atoms with Gasteiger partial charge in [-0.2, -0.15) is 0 Å². The molecule has 0 aliphatic carbocycles. The van der Waals surface area contributed by atoms with E-state index in [0.29, 0.717) is 23.4 Å². The van der Waals surface area contributed by atoms with Crippen LogP contribution in [0, 0.1) is 11.8 Å². The van der Waals surface area contributed by atoms with Crippen LogP contribution in [0.25, 0.3) is 6.08 Å². The molecule has 0 radical (unpaired) electrons. The molecule has 1 aliphatic heterocycles. The van der Waals surface area contributed by atoms with E-state index >= 15 is 0 Å². The Bertz CT molecular complexity index is 616. The standard InChI is InChI=1S/C20H29ClN2O2/c1-5-15(4)7-6-8-16-11-18(19(21)22-12-16)25-17-9-10-23(13-17)20(24)14(2)3/h6,8,11-12,14-15,17H,5,7,9-10,13H2,1-4H3/b8-6+/t15-,17+/m1/s1. The second kappa shape index (κ2) is 9.23. The molecule has 0 saturated carbocycles. The Kier molecular flexibility index (Phi) is 7.30. The Morgan fingerprint density at radius 3 is 2.92 bits per heavy atom. The van der Waals surface area contributed by atoms with Gasteiger partial charge in [-0.1, -0.05) is 57.9 Å². The van der Waals surface area contributed by atoms with Crippen molar-refractivity contribution in [2.75, 3.05) is 13.1 Å². The number of pyridine rings is 1. The molecule has 2 atom stereocenters. The van der Waals surface area contributed by atoms with Gasteiger partial charge in [0.15, 0.2) is 10.9 Å². The SMILES string of the molecule is CC[C@@H](C)C/C=C/c1cnc(Cl)c(O[C@H]2CCN(C(=O)C(C)C)C2)c1. The number of rotatable bonds is 7. The first-order chi connectivity index (χ1) is 11.9. The van der Waals surface area contributed by atoms with Crippen LogP contribution in [0.4, 0.5) is 0 Å². The number of amides is 1. The van der Waals surface area contributed by atoms with Crippen molar-refractivity contribution in [2.24, 2.45) is 11.8 Å². The third-order valence-corrected chi connectivity index (χ3v) is 4.90. The number of hydrogen-bond acceptors (Lipinski definition) is 3. The number of nitrogens with zero attached hydrogens (tertiary/aromatic N) is 2.